The van der Waals surface area contributed by atoms with Gasteiger partial charge in [0.05, 0.1) is 0 Å². The van der Waals surface area contributed by atoms with E-state index in [4.69, 9.17) is 25.2 Å². The van der Waals surface area contributed by atoms with E-state index in [0.717, 1.165) is 11.1 Å². The van der Waals surface area contributed by atoms with Crippen LogP contribution < -0.4 is 10.4 Å². The van der Waals surface area contributed by atoms with Crippen molar-refractivity contribution in [2.24, 2.45) is 0 Å². The lowest BCUT2D eigenvalue weighted by atomic mass is 10.2. The third-order valence-corrected chi connectivity index (χ3v) is 20.4. The lowest BCUT2D eigenvalue weighted by Gasteiger charge is -2.41. The summed E-state index contributed by atoms with van der Waals surface area (Å²) in [5.74, 6) is 5.34. The first-order chi connectivity index (χ1) is 14.2. The van der Waals surface area contributed by atoms with Crippen LogP contribution in [0.1, 0.15) is 11.1 Å². The van der Waals surface area contributed by atoms with Gasteiger partial charge in [-0.05, 0) is 87.0 Å². The van der Waals surface area contributed by atoms with Gasteiger partial charge < -0.3 is 12.3 Å². The maximum Gasteiger partial charge on any atom is 0.312 e. The molecule has 0 heterocycles. The van der Waals surface area contributed by atoms with Crippen molar-refractivity contribution in [1.82, 2.24) is 0 Å². The van der Waals surface area contributed by atoms with Gasteiger partial charge in [0.1, 0.15) is 0 Å². The molecule has 3 nitrogen and oxygen atoms in total. The summed E-state index contributed by atoms with van der Waals surface area (Å²) >= 11 is 0. The van der Waals surface area contributed by atoms with Gasteiger partial charge in [-0.3, -0.25) is 0 Å². The number of benzene rings is 2. The van der Waals surface area contributed by atoms with Crippen LogP contribution in [0.2, 0.25) is 52.4 Å². The van der Waals surface area contributed by atoms with Gasteiger partial charge in [-0.15, -0.1) is 12.8 Å². The van der Waals surface area contributed by atoms with Gasteiger partial charge in [0.15, 0.2) is 0 Å². The molecule has 0 atom stereocenters. The van der Waals surface area contributed by atoms with Crippen molar-refractivity contribution in [2.45, 2.75) is 52.4 Å². The van der Waals surface area contributed by atoms with Crippen LogP contribution in [-0.4, -0.2) is 33.8 Å². The minimum Gasteiger partial charge on any atom is -0.433 e. The molecule has 2 aromatic carbocycles. The van der Waals surface area contributed by atoms with Gasteiger partial charge in [0.25, 0.3) is 0 Å². The van der Waals surface area contributed by atoms with Gasteiger partial charge in [0, 0.05) is 11.1 Å². The summed E-state index contributed by atoms with van der Waals surface area (Å²) in [7, 11) is -9.19. The molecule has 0 amide bonds. The SMILES string of the molecule is C#Cc1ccc([Si](C)(C)O[Si](C)(C)O[Si](C)(C)O[Si](C)(C)c2ccc(C#C)cc2)cc1. The van der Waals surface area contributed by atoms with Crippen LogP contribution >= 0.6 is 0 Å². The Morgan fingerprint density at radius 1 is 0.516 bits per heavy atom. The summed E-state index contributed by atoms with van der Waals surface area (Å²) in [5, 5.41) is 2.42. The maximum absolute atomic E-state index is 6.72. The molecule has 0 bridgehead atoms. The summed E-state index contributed by atoms with van der Waals surface area (Å²) in [4.78, 5) is 0. The molecule has 0 aliphatic rings. The van der Waals surface area contributed by atoms with Crippen molar-refractivity contribution in [3.05, 3.63) is 59.7 Å². The van der Waals surface area contributed by atoms with Gasteiger partial charge in [0.2, 0.25) is 16.6 Å². The molecule has 0 saturated carbocycles. The molecule has 0 aliphatic heterocycles. The average molecular weight is 483 g/mol. The normalized spacial score (nSPS) is 12.8. The Labute approximate surface area is 192 Å². The molecule has 0 aromatic heterocycles. The second-order valence-corrected chi connectivity index (χ2v) is 24.8. The zero-order chi connectivity index (χ0) is 23.5. The summed E-state index contributed by atoms with van der Waals surface area (Å²) in [6, 6.07) is 16.2. The smallest absolute Gasteiger partial charge is 0.312 e. The van der Waals surface area contributed by atoms with Crippen LogP contribution in [-0.2, 0) is 12.3 Å². The monoisotopic (exact) mass is 482 g/mol. The number of hydrogen-bond acceptors (Lipinski definition) is 3. The number of terminal acetylenes is 2. The van der Waals surface area contributed by atoms with E-state index in [9.17, 15) is 0 Å². The topological polar surface area (TPSA) is 27.7 Å². The molecule has 31 heavy (non-hydrogen) atoms. The van der Waals surface area contributed by atoms with E-state index in [2.05, 4.69) is 88.5 Å². The molecule has 164 valence electrons. The molecular weight excluding hydrogens is 449 g/mol. The van der Waals surface area contributed by atoms with Crippen LogP contribution in [0, 0.1) is 24.7 Å². The maximum atomic E-state index is 6.72. The highest BCUT2D eigenvalue weighted by molar-refractivity contribution is 6.95. The Morgan fingerprint density at radius 2 is 0.806 bits per heavy atom. The van der Waals surface area contributed by atoms with Crippen molar-refractivity contribution in [3.8, 4) is 24.7 Å². The predicted octanol–water partition coefficient (Wildman–Crippen LogP) is 4.63. The van der Waals surface area contributed by atoms with Crippen molar-refractivity contribution in [2.75, 3.05) is 0 Å². The van der Waals surface area contributed by atoms with E-state index < -0.39 is 33.8 Å². The van der Waals surface area contributed by atoms with E-state index in [1.54, 1.807) is 0 Å². The molecule has 0 fully saturated rings. The summed E-state index contributed by atoms with van der Waals surface area (Å²) in [5.41, 5.74) is 1.76. The van der Waals surface area contributed by atoms with E-state index >= 15 is 0 Å². The van der Waals surface area contributed by atoms with Gasteiger partial charge in [-0.2, -0.15) is 0 Å². The van der Waals surface area contributed by atoms with Crippen LogP contribution in [0.5, 0.6) is 0 Å². The summed E-state index contributed by atoms with van der Waals surface area (Å²) in [6.07, 6.45) is 11.0. The van der Waals surface area contributed by atoms with Crippen LogP contribution in [0.15, 0.2) is 48.5 Å². The lowest BCUT2D eigenvalue weighted by molar-refractivity contribution is 0.334. The fourth-order valence-corrected chi connectivity index (χ4v) is 22.4. The highest BCUT2D eigenvalue weighted by atomic mass is 28.5. The third kappa shape index (κ3) is 7.16. The van der Waals surface area contributed by atoms with Crippen molar-refractivity contribution in [3.63, 3.8) is 0 Å². The third-order valence-electron chi connectivity index (χ3n) is 4.99. The standard InChI is InChI=1S/C24H34O3Si4/c1-11-21-13-17-23(18-14-21)28(3,4)25-30(7,8)27-31(9,10)26-29(5,6)24-19-15-22(12-2)16-20-24/h1-2,13-20H,3-10H3. The molecule has 7 heteroatoms. The second kappa shape index (κ2) is 9.43. The minimum absolute atomic E-state index is 0.880. The Bertz CT molecular complexity index is 898. The molecule has 0 N–H and O–H groups in total. The van der Waals surface area contributed by atoms with Crippen molar-refractivity contribution >= 4 is 44.1 Å². The Morgan fingerprint density at radius 3 is 1.06 bits per heavy atom. The molecule has 2 rings (SSSR count). The van der Waals surface area contributed by atoms with E-state index in [1.807, 2.05) is 24.3 Å². The van der Waals surface area contributed by atoms with Crippen molar-refractivity contribution < 1.29 is 12.3 Å². The first-order valence-electron chi connectivity index (χ1n) is 10.4. The molecular formula is C24H34O3Si4. The van der Waals surface area contributed by atoms with E-state index in [-0.39, 0.29) is 0 Å². The number of rotatable bonds is 8. The molecule has 0 unspecified atom stereocenters. The lowest BCUT2D eigenvalue weighted by Crippen LogP contribution is -2.60. The van der Waals surface area contributed by atoms with Gasteiger partial charge >= 0.3 is 17.1 Å². The second-order valence-electron chi connectivity index (χ2n) is 9.57. The number of hydrogen-bond donors (Lipinski definition) is 0. The molecule has 0 aliphatic carbocycles. The fourth-order valence-electron chi connectivity index (χ4n) is 3.92. The first-order valence-corrected chi connectivity index (χ1v) is 21.9. The molecule has 2 aromatic rings. The Kier molecular flexibility index (Phi) is 7.78. The highest BCUT2D eigenvalue weighted by Gasteiger charge is 2.44. The van der Waals surface area contributed by atoms with Crippen LogP contribution in [0.3, 0.4) is 0 Å². The average Bonchev–Trinajstić information content (AvgIpc) is 2.65. The predicted molar refractivity (Wildman–Crippen MR) is 141 cm³/mol. The van der Waals surface area contributed by atoms with E-state index in [0.29, 0.717) is 0 Å². The van der Waals surface area contributed by atoms with Gasteiger partial charge in [-0.25, -0.2) is 0 Å². The zero-order valence-electron chi connectivity index (χ0n) is 20.0. The van der Waals surface area contributed by atoms with E-state index in [1.165, 1.54) is 10.4 Å². The van der Waals surface area contributed by atoms with Crippen LogP contribution in [0.25, 0.3) is 0 Å². The fraction of sp³-hybridized carbons (Fsp3) is 0.333. The Balaban J connectivity index is 2.13. The summed E-state index contributed by atoms with van der Waals surface area (Å²) in [6.45, 7) is 17.3. The first kappa shape index (κ1) is 25.6. The largest absolute Gasteiger partial charge is 0.433 e. The quantitative estimate of drug-likeness (QED) is 0.406. The zero-order valence-corrected chi connectivity index (χ0v) is 24.0. The van der Waals surface area contributed by atoms with Crippen molar-refractivity contribution in [1.29, 1.82) is 0 Å². The Hall–Kier alpha value is -1.69. The van der Waals surface area contributed by atoms with Gasteiger partial charge in [-0.1, -0.05) is 36.1 Å². The molecule has 0 saturated heterocycles. The highest BCUT2D eigenvalue weighted by Crippen LogP contribution is 2.24. The molecule has 0 spiro atoms. The minimum atomic E-state index is -2.44. The molecule has 0 radical (unpaired) electrons. The summed E-state index contributed by atoms with van der Waals surface area (Å²) < 4.78 is 20.1. The van der Waals surface area contributed by atoms with Crippen LogP contribution in [0.4, 0.5) is 0 Å².